The van der Waals surface area contributed by atoms with Gasteiger partial charge in [-0.2, -0.15) is 0 Å². The van der Waals surface area contributed by atoms with Crippen molar-refractivity contribution in [1.29, 1.82) is 0 Å². The summed E-state index contributed by atoms with van der Waals surface area (Å²) in [5, 5.41) is 8.81. The first kappa shape index (κ1) is 8.88. The number of rotatable bonds is 3. The van der Waals surface area contributed by atoms with Crippen molar-refractivity contribution in [2.45, 2.75) is 20.3 Å². The molecule has 0 heterocycles. The summed E-state index contributed by atoms with van der Waals surface area (Å²) in [5.41, 5.74) is 0. The van der Waals surface area contributed by atoms with Crippen molar-refractivity contribution in [3.63, 3.8) is 0 Å². The smallest absolute Gasteiger partial charge is 0.155 e. The fraction of sp³-hybridized carbons (Fsp3) is 0.429. The average Bonchev–Trinajstić information content (AvgIpc) is 1.58. The number of hydrogen-bond acceptors (Lipinski definition) is 3. The molecule has 0 aromatic heterocycles. The van der Waals surface area contributed by atoms with E-state index in [1.807, 2.05) is 0 Å². The Balaban J connectivity index is 3.95. The number of aliphatic hydroxyl groups excluding tert-OH is 1. The molecule has 0 atom stereocenters. The SMILES string of the molecule is CC(=O)/C=C(\O)CC(C)=O. The van der Waals surface area contributed by atoms with Gasteiger partial charge in [0.2, 0.25) is 0 Å². The van der Waals surface area contributed by atoms with Crippen molar-refractivity contribution >= 4 is 11.6 Å². The number of aliphatic hydroxyl groups is 1. The predicted octanol–water partition coefficient (Wildman–Crippen LogP) is 0.996. The molecule has 0 unspecified atom stereocenters. The number of hydrogen-bond donors (Lipinski definition) is 1. The van der Waals surface area contributed by atoms with Crippen LogP contribution in [0.3, 0.4) is 0 Å². The van der Waals surface area contributed by atoms with Crippen molar-refractivity contribution in [1.82, 2.24) is 0 Å². The van der Waals surface area contributed by atoms with Gasteiger partial charge in [-0.05, 0) is 13.8 Å². The fourth-order valence-electron chi connectivity index (χ4n) is 0.541. The van der Waals surface area contributed by atoms with Crippen LogP contribution < -0.4 is 0 Å². The van der Waals surface area contributed by atoms with E-state index in [-0.39, 0.29) is 23.7 Å². The molecule has 0 aliphatic rings. The Morgan fingerprint density at radius 2 is 1.90 bits per heavy atom. The van der Waals surface area contributed by atoms with Gasteiger partial charge in [0.1, 0.15) is 11.5 Å². The number of carbonyl (C=O) groups is 2. The van der Waals surface area contributed by atoms with Crippen molar-refractivity contribution in [2.75, 3.05) is 0 Å². The highest BCUT2D eigenvalue weighted by atomic mass is 16.3. The Bertz CT molecular complexity index is 179. The van der Waals surface area contributed by atoms with Gasteiger partial charge in [0.05, 0.1) is 6.42 Å². The lowest BCUT2D eigenvalue weighted by molar-refractivity contribution is -0.116. The van der Waals surface area contributed by atoms with Crippen LogP contribution in [0.25, 0.3) is 0 Å². The molecule has 0 aliphatic heterocycles. The Morgan fingerprint density at radius 3 is 2.20 bits per heavy atom. The van der Waals surface area contributed by atoms with E-state index in [9.17, 15) is 9.59 Å². The van der Waals surface area contributed by atoms with E-state index in [0.717, 1.165) is 6.08 Å². The summed E-state index contributed by atoms with van der Waals surface area (Å²) in [7, 11) is 0. The molecule has 0 rings (SSSR count). The summed E-state index contributed by atoms with van der Waals surface area (Å²) in [5.74, 6) is -0.575. The second kappa shape index (κ2) is 3.82. The Morgan fingerprint density at radius 1 is 1.40 bits per heavy atom. The zero-order chi connectivity index (χ0) is 8.15. The summed E-state index contributed by atoms with van der Waals surface area (Å²) in [4.78, 5) is 20.6. The quantitative estimate of drug-likeness (QED) is 0.472. The number of allylic oxidation sites excluding steroid dienone is 2. The van der Waals surface area contributed by atoms with Gasteiger partial charge < -0.3 is 5.11 Å². The van der Waals surface area contributed by atoms with Crippen LogP contribution in [0.2, 0.25) is 0 Å². The molecule has 10 heavy (non-hydrogen) atoms. The number of carbonyl (C=O) groups excluding carboxylic acids is 2. The average molecular weight is 142 g/mol. The van der Waals surface area contributed by atoms with Crippen LogP contribution in [0.4, 0.5) is 0 Å². The molecule has 3 nitrogen and oxygen atoms in total. The Hall–Kier alpha value is -1.12. The third-order valence-corrected chi connectivity index (χ3v) is 0.800. The van der Waals surface area contributed by atoms with Gasteiger partial charge >= 0.3 is 0 Å². The first-order valence-electron chi connectivity index (χ1n) is 2.92. The Kier molecular flexibility index (Phi) is 3.39. The summed E-state index contributed by atoms with van der Waals surface area (Å²) < 4.78 is 0. The molecule has 0 spiro atoms. The number of Topliss-reactive ketones (excluding diaryl/α,β-unsaturated/α-hetero) is 1. The van der Waals surface area contributed by atoms with Crippen LogP contribution in [0.1, 0.15) is 20.3 Å². The topological polar surface area (TPSA) is 54.4 Å². The van der Waals surface area contributed by atoms with E-state index in [4.69, 9.17) is 5.11 Å². The van der Waals surface area contributed by atoms with Gasteiger partial charge in [-0.3, -0.25) is 9.59 Å². The highest BCUT2D eigenvalue weighted by molar-refractivity contribution is 5.89. The molecule has 0 aromatic rings. The Labute approximate surface area is 59.4 Å². The third kappa shape index (κ3) is 5.03. The molecule has 0 fully saturated rings. The van der Waals surface area contributed by atoms with Crippen LogP contribution in [-0.2, 0) is 9.59 Å². The first-order chi connectivity index (χ1) is 4.52. The van der Waals surface area contributed by atoms with Gasteiger partial charge in [-0.15, -0.1) is 0 Å². The summed E-state index contributed by atoms with van der Waals surface area (Å²) in [6.07, 6.45) is 0.987. The predicted molar refractivity (Wildman–Crippen MR) is 36.7 cm³/mol. The van der Waals surface area contributed by atoms with Crippen molar-refractivity contribution < 1.29 is 14.7 Å². The highest BCUT2D eigenvalue weighted by Gasteiger charge is 1.98. The lowest BCUT2D eigenvalue weighted by atomic mass is 10.2. The van der Waals surface area contributed by atoms with Crippen LogP contribution in [0, 0.1) is 0 Å². The minimum atomic E-state index is -0.251. The lowest BCUT2D eigenvalue weighted by Crippen LogP contribution is -1.95. The normalized spacial score (nSPS) is 11.2. The van der Waals surface area contributed by atoms with Crippen LogP contribution in [0.15, 0.2) is 11.8 Å². The van der Waals surface area contributed by atoms with Gasteiger partial charge in [0, 0.05) is 6.08 Å². The van der Waals surface area contributed by atoms with Gasteiger partial charge in [-0.25, -0.2) is 0 Å². The molecule has 1 N–H and O–H groups in total. The monoisotopic (exact) mass is 142 g/mol. The van der Waals surface area contributed by atoms with E-state index in [1.165, 1.54) is 13.8 Å². The highest BCUT2D eigenvalue weighted by Crippen LogP contribution is 1.96. The molecule has 0 saturated carbocycles. The van der Waals surface area contributed by atoms with Crippen LogP contribution in [0.5, 0.6) is 0 Å². The minimum Gasteiger partial charge on any atom is -0.512 e. The largest absolute Gasteiger partial charge is 0.512 e. The van der Waals surface area contributed by atoms with Crippen LogP contribution in [-0.4, -0.2) is 16.7 Å². The van der Waals surface area contributed by atoms with Gasteiger partial charge in [0.15, 0.2) is 5.78 Å². The standard InChI is InChI=1S/C7H10O3/c1-5(8)3-7(10)4-6(2)9/h3,10H,4H2,1-2H3/b7-3-. The van der Waals surface area contributed by atoms with E-state index in [1.54, 1.807) is 0 Å². The van der Waals surface area contributed by atoms with Crippen molar-refractivity contribution in [2.24, 2.45) is 0 Å². The van der Waals surface area contributed by atoms with Gasteiger partial charge in [0.25, 0.3) is 0 Å². The van der Waals surface area contributed by atoms with E-state index in [0.29, 0.717) is 0 Å². The maximum atomic E-state index is 10.3. The molecule has 3 heteroatoms. The van der Waals surface area contributed by atoms with E-state index >= 15 is 0 Å². The van der Waals surface area contributed by atoms with Crippen LogP contribution >= 0.6 is 0 Å². The molecule has 0 amide bonds. The fourth-order valence-corrected chi connectivity index (χ4v) is 0.541. The maximum absolute atomic E-state index is 10.3. The maximum Gasteiger partial charge on any atom is 0.155 e. The van der Waals surface area contributed by atoms with Crippen molar-refractivity contribution in [3.8, 4) is 0 Å². The molecule has 0 saturated heterocycles. The summed E-state index contributed by atoms with van der Waals surface area (Å²) in [6, 6.07) is 0. The zero-order valence-electron chi connectivity index (χ0n) is 6.05. The molecular weight excluding hydrogens is 132 g/mol. The summed E-state index contributed by atoms with van der Waals surface area (Å²) in [6.45, 7) is 2.67. The molecular formula is C7H10O3. The first-order valence-corrected chi connectivity index (χ1v) is 2.92. The molecule has 0 radical (unpaired) electrons. The van der Waals surface area contributed by atoms with E-state index in [2.05, 4.69) is 0 Å². The second-order valence-electron chi connectivity index (χ2n) is 2.13. The lowest BCUT2D eigenvalue weighted by Gasteiger charge is -1.91. The van der Waals surface area contributed by atoms with Gasteiger partial charge in [-0.1, -0.05) is 0 Å². The van der Waals surface area contributed by atoms with Crippen molar-refractivity contribution in [3.05, 3.63) is 11.8 Å². The zero-order valence-corrected chi connectivity index (χ0v) is 6.05. The summed E-state index contributed by atoms with van der Waals surface area (Å²) >= 11 is 0. The molecule has 0 aliphatic carbocycles. The second-order valence-corrected chi connectivity index (χ2v) is 2.13. The van der Waals surface area contributed by atoms with E-state index < -0.39 is 0 Å². The molecule has 56 valence electrons. The third-order valence-electron chi connectivity index (χ3n) is 0.800. The molecule has 0 aromatic carbocycles. The molecule has 0 bridgehead atoms. The minimum absolute atomic E-state index is 0.0560. The number of ketones is 2.